The number of aliphatic hydroxyl groups is 1. The lowest BCUT2D eigenvalue weighted by Crippen LogP contribution is -2.11. The molecule has 13 heavy (non-hydrogen) atoms. The van der Waals surface area contributed by atoms with Crippen LogP contribution in [0.1, 0.15) is 19.0 Å². The van der Waals surface area contributed by atoms with Gasteiger partial charge < -0.3 is 10.4 Å². The van der Waals surface area contributed by atoms with Gasteiger partial charge in [-0.25, -0.2) is 4.98 Å². The molecule has 0 radical (unpaired) electrons. The molecule has 0 spiro atoms. The summed E-state index contributed by atoms with van der Waals surface area (Å²) >= 11 is 0. The molecule has 1 aromatic heterocycles. The minimum absolute atomic E-state index is 0.0809. The van der Waals surface area contributed by atoms with E-state index in [0.717, 1.165) is 0 Å². The van der Waals surface area contributed by atoms with Gasteiger partial charge in [0.1, 0.15) is 5.82 Å². The molecule has 0 saturated carbocycles. The summed E-state index contributed by atoms with van der Waals surface area (Å²) in [7, 11) is 0. The lowest BCUT2D eigenvalue weighted by atomic mass is 10.3. The van der Waals surface area contributed by atoms with Gasteiger partial charge in [-0.2, -0.15) is 0 Å². The van der Waals surface area contributed by atoms with E-state index < -0.39 is 0 Å². The highest BCUT2D eigenvalue weighted by Gasteiger charge is 2.00. The van der Waals surface area contributed by atoms with Crippen molar-refractivity contribution in [3.8, 4) is 0 Å². The molecule has 70 valence electrons. The summed E-state index contributed by atoms with van der Waals surface area (Å²) in [5, 5.41) is 11.4. The van der Waals surface area contributed by atoms with Gasteiger partial charge in [0.2, 0.25) is 5.91 Å². The third-order valence-corrected chi connectivity index (χ3v) is 1.56. The Kier molecular flexibility index (Phi) is 3.40. The lowest BCUT2D eigenvalue weighted by Gasteiger charge is -2.03. The van der Waals surface area contributed by atoms with E-state index in [4.69, 9.17) is 5.11 Å². The van der Waals surface area contributed by atoms with Gasteiger partial charge in [0.25, 0.3) is 0 Å². The fourth-order valence-corrected chi connectivity index (χ4v) is 0.868. The Morgan fingerprint density at radius 3 is 3.00 bits per heavy atom. The topological polar surface area (TPSA) is 62.2 Å². The van der Waals surface area contributed by atoms with Crippen molar-refractivity contribution in [3.05, 3.63) is 23.9 Å². The molecule has 0 aliphatic heterocycles. The van der Waals surface area contributed by atoms with Crippen molar-refractivity contribution in [3.63, 3.8) is 0 Å². The number of aromatic nitrogens is 1. The maximum Gasteiger partial charge on any atom is 0.225 e. The molecule has 0 atom stereocenters. The van der Waals surface area contributed by atoms with Crippen LogP contribution in [0.2, 0.25) is 0 Å². The van der Waals surface area contributed by atoms with E-state index in [1.165, 1.54) is 0 Å². The first-order valence-corrected chi connectivity index (χ1v) is 4.13. The largest absolute Gasteiger partial charge is 0.390 e. The molecule has 0 bridgehead atoms. The Labute approximate surface area is 76.6 Å². The van der Waals surface area contributed by atoms with Crippen LogP contribution in [0.3, 0.4) is 0 Å². The zero-order valence-electron chi connectivity index (χ0n) is 7.45. The molecule has 0 saturated heterocycles. The average Bonchev–Trinajstić information content (AvgIpc) is 2.18. The predicted molar refractivity (Wildman–Crippen MR) is 49.1 cm³/mol. The molecule has 2 N–H and O–H groups in total. The Bertz CT molecular complexity index is 299. The van der Waals surface area contributed by atoms with E-state index in [-0.39, 0.29) is 12.5 Å². The second-order valence-electron chi connectivity index (χ2n) is 2.57. The van der Waals surface area contributed by atoms with Crippen molar-refractivity contribution < 1.29 is 9.90 Å². The highest BCUT2D eigenvalue weighted by molar-refractivity contribution is 5.89. The van der Waals surface area contributed by atoms with Gasteiger partial charge in [0.05, 0.1) is 12.3 Å². The fraction of sp³-hybridized carbons (Fsp3) is 0.333. The van der Waals surface area contributed by atoms with Gasteiger partial charge in [-0.3, -0.25) is 4.79 Å². The van der Waals surface area contributed by atoms with E-state index in [0.29, 0.717) is 17.9 Å². The molecule has 1 heterocycles. The van der Waals surface area contributed by atoms with Gasteiger partial charge in [-0.1, -0.05) is 13.0 Å². The number of aliphatic hydroxyl groups excluding tert-OH is 1. The van der Waals surface area contributed by atoms with E-state index in [2.05, 4.69) is 10.3 Å². The van der Waals surface area contributed by atoms with Crippen LogP contribution < -0.4 is 5.32 Å². The van der Waals surface area contributed by atoms with Gasteiger partial charge in [-0.15, -0.1) is 0 Å². The van der Waals surface area contributed by atoms with Crippen molar-refractivity contribution in [2.45, 2.75) is 20.0 Å². The second kappa shape index (κ2) is 4.57. The number of hydrogen-bond donors (Lipinski definition) is 2. The van der Waals surface area contributed by atoms with Crippen LogP contribution in [0.5, 0.6) is 0 Å². The van der Waals surface area contributed by atoms with Gasteiger partial charge in [0.15, 0.2) is 0 Å². The molecule has 0 aliphatic carbocycles. The normalized spacial score (nSPS) is 9.69. The zero-order valence-corrected chi connectivity index (χ0v) is 7.45. The molecular weight excluding hydrogens is 168 g/mol. The number of rotatable bonds is 3. The molecular formula is C9H12N2O2. The fourth-order valence-electron chi connectivity index (χ4n) is 0.868. The monoisotopic (exact) mass is 180 g/mol. The number of nitrogens with zero attached hydrogens (tertiary/aromatic N) is 1. The van der Waals surface area contributed by atoms with Crippen molar-refractivity contribution in [2.24, 2.45) is 0 Å². The quantitative estimate of drug-likeness (QED) is 0.727. The maximum absolute atomic E-state index is 11.0. The summed E-state index contributed by atoms with van der Waals surface area (Å²) in [6, 6.07) is 5.12. The zero-order chi connectivity index (χ0) is 9.68. The number of pyridine rings is 1. The molecule has 0 aliphatic rings. The Balaban J connectivity index is 2.71. The van der Waals surface area contributed by atoms with Crippen LogP contribution in [0.25, 0.3) is 0 Å². The highest BCUT2D eigenvalue weighted by Crippen LogP contribution is 2.04. The average molecular weight is 180 g/mol. The summed E-state index contributed by atoms with van der Waals surface area (Å²) < 4.78 is 0. The minimum atomic E-state index is -0.115. The third-order valence-electron chi connectivity index (χ3n) is 1.56. The van der Waals surface area contributed by atoms with Crippen LogP contribution in [0.15, 0.2) is 18.2 Å². The van der Waals surface area contributed by atoms with Crippen LogP contribution in [0, 0.1) is 0 Å². The van der Waals surface area contributed by atoms with E-state index in [1.54, 1.807) is 25.1 Å². The molecule has 4 heteroatoms. The summed E-state index contributed by atoms with van der Waals surface area (Å²) in [6.07, 6.45) is 0.422. The standard InChI is InChI=1S/C9H12N2O2/c1-2-9(13)11-8-5-3-4-7(6-12)10-8/h3-5,12H,2,6H2,1H3,(H,10,11,13). The Morgan fingerprint density at radius 2 is 2.38 bits per heavy atom. The molecule has 1 aromatic rings. The predicted octanol–water partition coefficient (Wildman–Crippen LogP) is 0.922. The number of anilines is 1. The molecule has 0 fully saturated rings. The van der Waals surface area contributed by atoms with E-state index >= 15 is 0 Å². The second-order valence-corrected chi connectivity index (χ2v) is 2.57. The number of carbonyl (C=O) groups is 1. The SMILES string of the molecule is CCC(=O)Nc1cccc(CO)n1. The highest BCUT2D eigenvalue weighted by atomic mass is 16.3. The summed E-state index contributed by atoms with van der Waals surface area (Å²) in [5.74, 6) is 0.404. The molecule has 4 nitrogen and oxygen atoms in total. The molecule has 0 aromatic carbocycles. The first-order valence-electron chi connectivity index (χ1n) is 4.13. The Hall–Kier alpha value is -1.42. The molecule has 0 unspecified atom stereocenters. The van der Waals surface area contributed by atoms with Crippen LogP contribution in [0.4, 0.5) is 5.82 Å². The van der Waals surface area contributed by atoms with Crippen molar-refractivity contribution in [1.29, 1.82) is 0 Å². The van der Waals surface area contributed by atoms with Crippen LogP contribution in [-0.4, -0.2) is 16.0 Å². The maximum atomic E-state index is 11.0. The molecule has 1 rings (SSSR count). The van der Waals surface area contributed by atoms with E-state index in [1.807, 2.05) is 0 Å². The van der Waals surface area contributed by atoms with Crippen molar-refractivity contribution in [2.75, 3.05) is 5.32 Å². The Morgan fingerprint density at radius 1 is 1.62 bits per heavy atom. The van der Waals surface area contributed by atoms with Crippen molar-refractivity contribution >= 4 is 11.7 Å². The molecule has 1 amide bonds. The van der Waals surface area contributed by atoms with Gasteiger partial charge in [0, 0.05) is 6.42 Å². The summed E-state index contributed by atoms with van der Waals surface area (Å²) in [5.41, 5.74) is 0.550. The number of hydrogen-bond acceptors (Lipinski definition) is 3. The van der Waals surface area contributed by atoms with Gasteiger partial charge in [-0.05, 0) is 12.1 Å². The summed E-state index contributed by atoms with van der Waals surface area (Å²) in [4.78, 5) is 15.0. The first kappa shape index (κ1) is 9.67. The van der Waals surface area contributed by atoms with Crippen molar-refractivity contribution in [1.82, 2.24) is 4.98 Å². The van der Waals surface area contributed by atoms with Crippen LogP contribution in [-0.2, 0) is 11.4 Å². The number of nitrogens with one attached hydrogen (secondary N) is 1. The third kappa shape index (κ3) is 2.83. The van der Waals surface area contributed by atoms with E-state index in [9.17, 15) is 4.79 Å². The number of amides is 1. The minimum Gasteiger partial charge on any atom is -0.390 e. The summed E-state index contributed by atoms with van der Waals surface area (Å²) in [6.45, 7) is 1.65. The lowest BCUT2D eigenvalue weighted by molar-refractivity contribution is -0.115. The smallest absolute Gasteiger partial charge is 0.225 e. The first-order chi connectivity index (χ1) is 6.26. The number of carbonyl (C=O) groups excluding carboxylic acids is 1. The van der Waals surface area contributed by atoms with Crippen LogP contribution >= 0.6 is 0 Å². The van der Waals surface area contributed by atoms with Gasteiger partial charge >= 0.3 is 0 Å².